The first kappa shape index (κ1) is 17.2. The molecular weight excluding hydrogens is 344 g/mol. The average Bonchev–Trinajstić information content (AvgIpc) is 3.16. The van der Waals surface area contributed by atoms with Crippen LogP contribution in [0.3, 0.4) is 0 Å². The molecule has 2 aromatic carbocycles. The van der Waals surface area contributed by atoms with Gasteiger partial charge in [-0.2, -0.15) is 5.11 Å². The van der Waals surface area contributed by atoms with Gasteiger partial charge in [0, 0.05) is 6.54 Å². The molecule has 0 bridgehead atoms. The van der Waals surface area contributed by atoms with E-state index in [1.807, 2.05) is 54.6 Å². The number of hydrogen-bond donors (Lipinski definition) is 0. The van der Waals surface area contributed by atoms with E-state index >= 15 is 0 Å². The molecule has 2 aliphatic rings. The molecule has 0 fully saturated rings. The van der Waals surface area contributed by atoms with Gasteiger partial charge in [0.15, 0.2) is 6.04 Å². The Balaban J connectivity index is 1.53. The van der Waals surface area contributed by atoms with Gasteiger partial charge < -0.3 is 9.64 Å². The van der Waals surface area contributed by atoms with Crippen molar-refractivity contribution in [2.24, 2.45) is 10.3 Å². The minimum Gasteiger partial charge on any atom is -0.459 e. The summed E-state index contributed by atoms with van der Waals surface area (Å²) >= 11 is 0. The van der Waals surface area contributed by atoms with Crippen LogP contribution in [0.5, 0.6) is 0 Å². The summed E-state index contributed by atoms with van der Waals surface area (Å²) in [7, 11) is 0. The van der Waals surface area contributed by atoms with E-state index in [9.17, 15) is 9.59 Å². The van der Waals surface area contributed by atoms with Gasteiger partial charge in [-0.25, -0.2) is 9.80 Å². The van der Waals surface area contributed by atoms with Crippen molar-refractivity contribution in [1.82, 2.24) is 4.90 Å². The molecule has 0 aromatic heterocycles. The van der Waals surface area contributed by atoms with Crippen molar-refractivity contribution in [2.75, 3.05) is 11.6 Å². The molecule has 4 rings (SSSR count). The third-order valence-corrected chi connectivity index (χ3v) is 4.89. The number of rotatable bonds is 4. The highest BCUT2D eigenvalue weighted by molar-refractivity contribution is 5.91. The normalized spacial score (nSPS) is 19.3. The molecule has 0 radical (unpaired) electrons. The molecule has 7 nitrogen and oxygen atoms in total. The number of para-hydroxylation sites is 1. The lowest BCUT2D eigenvalue weighted by Gasteiger charge is -2.28. The van der Waals surface area contributed by atoms with Crippen LogP contribution in [0.25, 0.3) is 0 Å². The molecule has 0 spiro atoms. The molecule has 2 aromatic rings. The Morgan fingerprint density at radius 3 is 2.74 bits per heavy atom. The van der Waals surface area contributed by atoms with Crippen LogP contribution in [0.4, 0.5) is 5.69 Å². The first-order valence-electron chi connectivity index (χ1n) is 8.91. The zero-order valence-corrected chi connectivity index (χ0v) is 15.0. The SMILES string of the molecule is C[C@@H](C(=O)OCc1ccccc1)N1Cc2ccccc2N2N=NC[C@H]2C1=O. The van der Waals surface area contributed by atoms with Gasteiger partial charge in [0.25, 0.3) is 5.91 Å². The van der Waals surface area contributed by atoms with E-state index in [-0.39, 0.29) is 19.1 Å². The first-order valence-corrected chi connectivity index (χ1v) is 8.91. The highest BCUT2D eigenvalue weighted by atomic mass is 16.5. The number of fused-ring (bicyclic) bond motifs is 3. The van der Waals surface area contributed by atoms with E-state index < -0.39 is 18.1 Å². The quantitative estimate of drug-likeness (QED) is 0.782. The summed E-state index contributed by atoms with van der Waals surface area (Å²) in [4.78, 5) is 27.2. The number of anilines is 1. The number of hydrogen-bond acceptors (Lipinski definition) is 6. The zero-order chi connectivity index (χ0) is 18.8. The topological polar surface area (TPSA) is 74.6 Å². The van der Waals surface area contributed by atoms with Gasteiger partial charge in [0.1, 0.15) is 12.6 Å². The highest BCUT2D eigenvalue weighted by Gasteiger charge is 2.41. The summed E-state index contributed by atoms with van der Waals surface area (Å²) in [5.74, 6) is -0.592. The van der Waals surface area contributed by atoms with Crippen LogP contribution in [0, 0.1) is 0 Å². The fraction of sp³-hybridized carbons (Fsp3) is 0.300. The van der Waals surface area contributed by atoms with Crippen LogP contribution in [0.2, 0.25) is 0 Å². The standard InChI is InChI=1S/C20H20N4O3/c1-14(20(26)27-13-15-7-3-2-4-8-15)23-12-16-9-5-6-10-17(16)24-18(19(23)25)11-21-22-24/h2-10,14,18H,11-13H2,1H3/t14-,18-/m0/s1. The fourth-order valence-electron chi connectivity index (χ4n) is 3.35. The van der Waals surface area contributed by atoms with Crippen LogP contribution in [0.15, 0.2) is 64.9 Å². The Kier molecular flexibility index (Phi) is 4.58. The first-order chi connectivity index (χ1) is 13.1. The molecule has 0 unspecified atom stereocenters. The van der Waals surface area contributed by atoms with E-state index in [4.69, 9.17) is 4.74 Å². The predicted octanol–water partition coefficient (Wildman–Crippen LogP) is 2.72. The molecule has 27 heavy (non-hydrogen) atoms. The predicted molar refractivity (Wildman–Crippen MR) is 98.7 cm³/mol. The minimum atomic E-state index is -0.699. The Morgan fingerprint density at radius 2 is 1.93 bits per heavy atom. The number of esters is 1. The summed E-state index contributed by atoms with van der Waals surface area (Å²) in [5.41, 5.74) is 2.69. The van der Waals surface area contributed by atoms with Crippen LogP contribution < -0.4 is 5.01 Å². The van der Waals surface area contributed by atoms with Crippen molar-refractivity contribution in [2.45, 2.75) is 32.2 Å². The molecule has 1 amide bonds. The highest BCUT2D eigenvalue weighted by Crippen LogP contribution is 2.32. The molecule has 2 heterocycles. The summed E-state index contributed by atoms with van der Waals surface area (Å²) in [6, 6.07) is 15.9. The van der Waals surface area contributed by atoms with Gasteiger partial charge in [0.2, 0.25) is 0 Å². The van der Waals surface area contributed by atoms with Crippen LogP contribution in [-0.4, -0.2) is 35.4 Å². The number of carbonyl (C=O) groups excluding carboxylic acids is 2. The maximum atomic E-state index is 13.1. The van der Waals surface area contributed by atoms with Crippen molar-refractivity contribution in [1.29, 1.82) is 0 Å². The molecule has 0 saturated heterocycles. The van der Waals surface area contributed by atoms with Crippen molar-refractivity contribution < 1.29 is 14.3 Å². The van der Waals surface area contributed by atoms with E-state index in [1.54, 1.807) is 16.8 Å². The number of ether oxygens (including phenoxy) is 1. The van der Waals surface area contributed by atoms with Crippen molar-refractivity contribution >= 4 is 17.6 Å². The second-order valence-corrected chi connectivity index (χ2v) is 6.64. The summed E-state index contributed by atoms with van der Waals surface area (Å²) < 4.78 is 5.44. The summed E-state index contributed by atoms with van der Waals surface area (Å²) in [6.07, 6.45) is 0. The van der Waals surface area contributed by atoms with Crippen LogP contribution in [0.1, 0.15) is 18.1 Å². The number of benzene rings is 2. The van der Waals surface area contributed by atoms with E-state index in [0.717, 1.165) is 16.8 Å². The third kappa shape index (κ3) is 3.28. The second-order valence-electron chi connectivity index (χ2n) is 6.64. The molecule has 0 aliphatic carbocycles. The van der Waals surface area contributed by atoms with Gasteiger partial charge in [-0.1, -0.05) is 53.8 Å². The lowest BCUT2D eigenvalue weighted by atomic mass is 10.1. The zero-order valence-electron chi connectivity index (χ0n) is 15.0. The second kappa shape index (κ2) is 7.19. The van der Waals surface area contributed by atoms with Gasteiger partial charge in [0.05, 0.1) is 12.2 Å². The summed E-state index contributed by atoms with van der Waals surface area (Å²) in [5, 5.41) is 9.79. The largest absolute Gasteiger partial charge is 0.459 e. The van der Waals surface area contributed by atoms with Gasteiger partial charge in [-0.15, -0.1) is 0 Å². The molecular formula is C20H20N4O3. The molecule has 0 saturated carbocycles. The monoisotopic (exact) mass is 364 g/mol. The maximum absolute atomic E-state index is 13.1. The molecule has 0 N–H and O–H groups in total. The Bertz CT molecular complexity index is 884. The van der Waals surface area contributed by atoms with Crippen LogP contribution >= 0.6 is 0 Å². The number of carbonyl (C=O) groups is 2. The Hall–Kier alpha value is -3.22. The smallest absolute Gasteiger partial charge is 0.328 e. The lowest BCUT2D eigenvalue weighted by Crippen LogP contribution is -2.50. The van der Waals surface area contributed by atoms with Gasteiger partial charge in [-0.05, 0) is 24.1 Å². The molecule has 2 atom stereocenters. The fourth-order valence-corrected chi connectivity index (χ4v) is 3.35. The van der Waals surface area contributed by atoms with Crippen molar-refractivity contribution in [3.63, 3.8) is 0 Å². The van der Waals surface area contributed by atoms with E-state index in [0.29, 0.717) is 6.54 Å². The van der Waals surface area contributed by atoms with Crippen molar-refractivity contribution in [3.05, 3.63) is 65.7 Å². The third-order valence-electron chi connectivity index (χ3n) is 4.89. The lowest BCUT2D eigenvalue weighted by molar-refractivity contribution is -0.156. The molecule has 2 aliphatic heterocycles. The Labute approximate surface area is 157 Å². The summed E-state index contributed by atoms with van der Waals surface area (Å²) in [6.45, 7) is 2.50. The van der Waals surface area contributed by atoms with Gasteiger partial charge in [-0.3, -0.25) is 4.79 Å². The molecule has 138 valence electrons. The maximum Gasteiger partial charge on any atom is 0.328 e. The minimum absolute atomic E-state index is 0.166. The molecule has 7 heteroatoms. The van der Waals surface area contributed by atoms with E-state index in [2.05, 4.69) is 10.3 Å². The number of nitrogens with zero attached hydrogens (tertiary/aromatic N) is 4. The average molecular weight is 364 g/mol. The Morgan fingerprint density at radius 1 is 1.19 bits per heavy atom. The van der Waals surface area contributed by atoms with E-state index in [1.165, 1.54) is 0 Å². The number of amides is 1. The van der Waals surface area contributed by atoms with Gasteiger partial charge >= 0.3 is 5.97 Å². The van der Waals surface area contributed by atoms with Crippen LogP contribution in [-0.2, 0) is 27.5 Å². The van der Waals surface area contributed by atoms with Crippen molar-refractivity contribution in [3.8, 4) is 0 Å².